The Labute approximate surface area is 148 Å². The van der Waals surface area contributed by atoms with Crippen LogP contribution in [0.2, 0.25) is 0 Å². The number of unbranched alkanes of at least 4 members (excludes halogenated alkanes) is 3. The lowest BCUT2D eigenvalue weighted by Crippen LogP contribution is -2.17. The van der Waals surface area contributed by atoms with Crippen molar-refractivity contribution < 1.29 is 10.0 Å². The average Bonchev–Trinajstić information content (AvgIpc) is 2.66. The lowest BCUT2D eigenvalue weighted by Gasteiger charge is -2.21. The Morgan fingerprint density at radius 1 is 1.16 bits per heavy atom. The molecular weight excluding hydrogens is 316 g/mol. The van der Waals surface area contributed by atoms with E-state index in [4.69, 9.17) is 10.2 Å². The van der Waals surface area contributed by atoms with Gasteiger partial charge in [-0.05, 0) is 56.2 Å². The number of anilines is 1. The number of nitrogens with one attached hydrogen (secondary N) is 2. The molecule has 6 nitrogen and oxygen atoms in total. The van der Waals surface area contributed by atoms with Crippen molar-refractivity contribution in [2.24, 2.45) is 0 Å². The maximum absolute atomic E-state index is 11.0. The summed E-state index contributed by atoms with van der Waals surface area (Å²) in [5.41, 5.74) is 6.29. The molecule has 2 heterocycles. The Morgan fingerprint density at radius 2 is 2.00 bits per heavy atom. The molecule has 0 bridgehead atoms. The first-order chi connectivity index (χ1) is 12.3. The van der Waals surface area contributed by atoms with E-state index in [9.17, 15) is 4.79 Å². The standard InChI is InChI=1S/C19H26N4O2/c24-17(23-25)11-3-1-2-6-12-20-18-14-8-4-5-10-16(14)22-19-15(18)9-7-13-21-19/h7,9,13,25H,1-6,8,10-12H2,(H,23,24)(H,20,21,22). The third-order valence-corrected chi connectivity index (χ3v) is 4.79. The van der Waals surface area contributed by atoms with E-state index in [0.717, 1.165) is 56.1 Å². The fourth-order valence-electron chi connectivity index (χ4n) is 3.49. The Balaban J connectivity index is 1.58. The summed E-state index contributed by atoms with van der Waals surface area (Å²) < 4.78 is 0. The van der Waals surface area contributed by atoms with Crippen molar-refractivity contribution in [2.75, 3.05) is 11.9 Å². The topological polar surface area (TPSA) is 87.1 Å². The van der Waals surface area contributed by atoms with E-state index in [-0.39, 0.29) is 5.91 Å². The van der Waals surface area contributed by atoms with Crippen LogP contribution in [0.1, 0.15) is 56.2 Å². The van der Waals surface area contributed by atoms with Crippen LogP contribution >= 0.6 is 0 Å². The summed E-state index contributed by atoms with van der Waals surface area (Å²) in [5, 5.41) is 13.2. The molecule has 1 aliphatic carbocycles. The fraction of sp³-hybridized carbons (Fsp3) is 0.526. The molecule has 0 unspecified atom stereocenters. The molecule has 2 aromatic heterocycles. The van der Waals surface area contributed by atoms with Crippen molar-refractivity contribution in [1.82, 2.24) is 15.4 Å². The molecule has 0 atom stereocenters. The number of carbonyl (C=O) groups excluding carboxylic acids is 1. The second-order valence-corrected chi connectivity index (χ2v) is 6.62. The van der Waals surface area contributed by atoms with E-state index in [1.54, 1.807) is 11.7 Å². The minimum absolute atomic E-state index is 0.305. The van der Waals surface area contributed by atoms with Gasteiger partial charge in [-0.1, -0.05) is 12.8 Å². The number of amides is 1. The molecular formula is C19H26N4O2. The number of hydrogen-bond acceptors (Lipinski definition) is 5. The average molecular weight is 342 g/mol. The molecule has 6 heteroatoms. The van der Waals surface area contributed by atoms with Crippen LogP contribution in [0.25, 0.3) is 11.0 Å². The molecule has 2 aromatic rings. The van der Waals surface area contributed by atoms with E-state index in [1.165, 1.54) is 29.8 Å². The van der Waals surface area contributed by atoms with E-state index in [0.29, 0.717) is 6.42 Å². The quantitative estimate of drug-likeness (QED) is 0.389. The van der Waals surface area contributed by atoms with E-state index < -0.39 is 0 Å². The largest absolute Gasteiger partial charge is 0.384 e. The van der Waals surface area contributed by atoms with Gasteiger partial charge in [-0.2, -0.15) is 0 Å². The molecule has 0 saturated carbocycles. The highest BCUT2D eigenvalue weighted by molar-refractivity contribution is 5.91. The van der Waals surface area contributed by atoms with Crippen LogP contribution in [0, 0.1) is 0 Å². The zero-order valence-electron chi connectivity index (χ0n) is 14.6. The number of carbonyl (C=O) groups is 1. The first-order valence-corrected chi connectivity index (χ1v) is 9.23. The molecule has 0 saturated heterocycles. The summed E-state index contributed by atoms with van der Waals surface area (Å²) in [4.78, 5) is 20.2. The molecule has 0 aliphatic heterocycles. The summed E-state index contributed by atoms with van der Waals surface area (Å²) in [6, 6.07) is 4.07. The van der Waals surface area contributed by atoms with Gasteiger partial charge in [-0.15, -0.1) is 0 Å². The highest BCUT2D eigenvalue weighted by Crippen LogP contribution is 2.32. The van der Waals surface area contributed by atoms with Gasteiger partial charge in [-0.25, -0.2) is 15.4 Å². The lowest BCUT2D eigenvalue weighted by atomic mass is 9.93. The molecule has 134 valence electrons. The number of aromatic nitrogens is 2. The van der Waals surface area contributed by atoms with Crippen molar-refractivity contribution in [3.05, 3.63) is 29.6 Å². The number of hydrogen-bond donors (Lipinski definition) is 3. The first kappa shape index (κ1) is 17.6. The number of fused-ring (bicyclic) bond motifs is 2. The predicted molar refractivity (Wildman–Crippen MR) is 97.7 cm³/mol. The van der Waals surface area contributed by atoms with Gasteiger partial charge < -0.3 is 5.32 Å². The van der Waals surface area contributed by atoms with Crippen molar-refractivity contribution in [2.45, 2.75) is 57.8 Å². The molecule has 1 aliphatic rings. The van der Waals surface area contributed by atoms with Crippen LogP contribution in [0.3, 0.4) is 0 Å². The van der Waals surface area contributed by atoms with Gasteiger partial charge >= 0.3 is 0 Å². The predicted octanol–water partition coefficient (Wildman–Crippen LogP) is 3.38. The molecule has 3 rings (SSSR count). The van der Waals surface area contributed by atoms with Crippen LogP contribution in [0.15, 0.2) is 18.3 Å². The van der Waals surface area contributed by atoms with Crippen molar-refractivity contribution in [3.63, 3.8) is 0 Å². The fourth-order valence-corrected chi connectivity index (χ4v) is 3.49. The SMILES string of the molecule is O=C(CCCCCCNc1c2c(nc3ncccc13)CCCC2)NO. The van der Waals surface area contributed by atoms with Gasteiger partial charge in [0.05, 0.1) is 5.69 Å². The summed E-state index contributed by atoms with van der Waals surface area (Å²) >= 11 is 0. The van der Waals surface area contributed by atoms with E-state index in [2.05, 4.69) is 16.4 Å². The van der Waals surface area contributed by atoms with Crippen LogP contribution in [0.4, 0.5) is 5.69 Å². The maximum Gasteiger partial charge on any atom is 0.243 e. The van der Waals surface area contributed by atoms with E-state index in [1.807, 2.05) is 6.07 Å². The summed E-state index contributed by atoms with van der Waals surface area (Å²) in [5.74, 6) is -0.305. The van der Waals surface area contributed by atoms with Gasteiger partial charge in [0.1, 0.15) is 0 Å². The van der Waals surface area contributed by atoms with Gasteiger partial charge in [0.25, 0.3) is 0 Å². The minimum Gasteiger partial charge on any atom is -0.384 e. The Hall–Kier alpha value is -2.21. The van der Waals surface area contributed by atoms with Gasteiger partial charge in [0.2, 0.25) is 5.91 Å². The van der Waals surface area contributed by atoms with Crippen LogP contribution in [0.5, 0.6) is 0 Å². The molecule has 0 aromatic carbocycles. The highest BCUT2D eigenvalue weighted by Gasteiger charge is 2.18. The Bertz CT molecular complexity index is 733. The number of nitrogens with zero attached hydrogens (tertiary/aromatic N) is 2. The molecule has 0 fully saturated rings. The second-order valence-electron chi connectivity index (χ2n) is 6.62. The third kappa shape index (κ3) is 4.45. The van der Waals surface area contributed by atoms with Crippen LogP contribution in [-0.2, 0) is 17.6 Å². The van der Waals surface area contributed by atoms with Crippen LogP contribution in [-0.4, -0.2) is 27.6 Å². The summed E-state index contributed by atoms with van der Waals surface area (Å²) in [6.45, 7) is 0.909. The Kier molecular flexibility index (Phi) is 6.17. The van der Waals surface area contributed by atoms with Gasteiger partial charge in [-0.3, -0.25) is 10.0 Å². The van der Waals surface area contributed by atoms with E-state index >= 15 is 0 Å². The zero-order valence-corrected chi connectivity index (χ0v) is 14.6. The highest BCUT2D eigenvalue weighted by atomic mass is 16.5. The molecule has 25 heavy (non-hydrogen) atoms. The lowest BCUT2D eigenvalue weighted by molar-refractivity contribution is -0.129. The monoisotopic (exact) mass is 342 g/mol. The number of hydroxylamine groups is 1. The van der Waals surface area contributed by atoms with Gasteiger partial charge in [0.15, 0.2) is 5.65 Å². The second kappa shape index (κ2) is 8.76. The number of rotatable bonds is 8. The summed E-state index contributed by atoms with van der Waals surface area (Å²) in [7, 11) is 0. The molecule has 0 radical (unpaired) electrons. The molecule has 1 amide bonds. The van der Waals surface area contributed by atoms with Crippen molar-refractivity contribution in [3.8, 4) is 0 Å². The maximum atomic E-state index is 11.0. The molecule has 3 N–H and O–H groups in total. The number of aryl methyl sites for hydroxylation is 1. The van der Waals surface area contributed by atoms with Crippen LogP contribution < -0.4 is 10.8 Å². The Morgan fingerprint density at radius 3 is 2.88 bits per heavy atom. The first-order valence-electron chi connectivity index (χ1n) is 9.23. The third-order valence-electron chi connectivity index (χ3n) is 4.79. The summed E-state index contributed by atoms with van der Waals surface area (Å²) in [6.07, 6.45) is 10.7. The normalized spacial score (nSPS) is 13.5. The van der Waals surface area contributed by atoms with Gasteiger partial charge in [0, 0.05) is 30.2 Å². The number of pyridine rings is 2. The molecule has 0 spiro atoms. The van der Waals surface area contributed by atoms with Crippen molar-refractivity contribution >= 4 is 22.6 Å². The van der Waals surface area contributed by atoms with Crippen molar-refractivity contribution in [1.29, 1.82) is 0 Å². The minimum atomic E-state index is -0.305. The smallest absolute Gasteiger partial charge is 0.243 e. The zero-order chi connectivity index (χ0) is 17.5.